The predicted octanol–water partition coefficient (Wildman–Crippen LogP) is 3.33. The first-order valence-electron chi connectivity index (χ1n) is 10.0. The van der Waals surface area contributed by atoms with Crippen LogP contribution in [0.3, 0.4) is 0 Å². The van der Waals surface area contributed by atoms with Crippen molar-refractivity contribution in [2.45, 2.75) is 38.8 Å². The average molecular weight is 486 g/mol. The molecule has 0 amide bonds. The Labute approximate surface area is 181 Å². The number of halogens is 1. The van der Waals surface area contributed by atoms with E-state index in [-0.39, 0.29) is 24.0 Å². The van der Waals surface area contributed by atoms with Crippen LogP contribution in [0.25, 0.3) is 0 Å². The molecule has 1 aromatic carbocycles. The molecule has 0 unspecified atom stereocenters. The van der Waals surface area contributed by atoms with Crippen LogP contribution in [0.4, 0.5) is 0 Å². The van der Waals surface area contributed by atoms with Crippen molar-refractivity contribution in [1.82, 2.24) is 15.1 Å². The molecular weight excluding hydrogens is 451 g/mol. The summed E-state index contributed by atoms with van der Waals surface area (Å²) in [6.45, 7) is 6.92. The summed E-state index contributed by atoms with van der Waals surface area (Å²) in [4.78, 5) is 9.06. The van der Waals surface area contributed by atoms with Gasteiger partial charge in [-0.25, -0.2) is 0 Å². The minimum atomic E-state index is 0. The van der Waals surface area contributed by atoms with E-state index < -0.39 is 0 Å². The Balaban J connectivity index is 0.00000261. The number of likely N-dealkylation sites (tertiary alicyclic amines) is 1. The molecule has 1 heterocycles. The first kappa shape index (κ1) is 22.4. The number of rotatable bonds is 9. The van der Waals surface area contributed by atoms with E-state index in [9.17, 15) is 0 Å². The summed E-state index contributed by atoms with van der Waals surface area (Å²) in [5.41, 5.74) is 2.69. The van der Waals surface area contributed by atoms with Gasteiger partial charge >= 0.3 is 0 Å². The van der Waals surface area contributed by atoms with Gasteiger partial charge in [-0.1, -0.05) is 24.3 Å². The van der Waals surface area contributed by atoms with Gasteiger partial charge in [-0.05, 0) is 55.8 Å². The van der Waals surface area contributed by atoms with Gasteiger partial charge in [-0.2, -0.15) is 0 Å². The molecule has 0 atom stereocenters. The van der Waals surface area contributed by atoms with Gasteiger partial charge in [-0.15, -0.1) is 24.0 Å². The molecule has 1 saturated carbocycles. The van der Waals surface area contributed by atoms with Crippen LogP contribution < -0.4 is 5.32 Å². The van der Waals surface area contributed by atoms with E-state index in [2.05, 4.69) is 51.4 Å². The number of nitrogens with zero attached hydrogens (tertiary/aromatic N) is 3. The van der Waals surface area contributed by atoms with Crippen LogP contribution in [-0.2, 0) is 17.8 Å². The van der Waals surface area contributed by atoms with Crippen molar-refractivity contribution < 1.29 is 4.74 Å². The number of benzene rings is 1. The minimum Gasteiger partial charge on any atom is -0.379 e. The van der Waals surface area contributed by atoms with Gasteiger partial charge in [0.15, 0.2) is 5.96 Å². The first-order chi connectivity index (χ1) is 12.7. The Morgan fingerprint density at radius 1 is 1.19 bits per heavy atom. The van der Waals surface area contributed by atoms with Crippen molar-refractivity contribution >= 4 is 29.9 Å². The summed E-state index contributed by atoms with van der Waals surface area (Å²) in [6, 6.07) is 8.97. The van der Waals surface area contributed by atoms with Crippen LogP contribution in [0, 0.1) is 5.92 Å². The summed E-state index contributed by atoms with van der Waals surface area (Å²) < 4.78 is 5.72. The number of hydrogen-bond acceptors (Lipinski definition) is 3. The zero-order valence-electron chi connectivity index (χ0n) is 16.8. The van der Waals surface area contributed by atoms with Crippen LogP contribution in [0.1, 0.15) is 36.8 Å². The number of aliphatic imine (C=N–C) groups is 1. The topological polar surface area (TPSA) is 40.1 Å². The lowest BCUT2D eigenvalue weighted by atomic mass is 10.1. The lowest BCUT2D eigenvalue weighted by Crippen LogP contribution is -2.40. The first-order valence-corrected chi connectivity index (χ1v) is 10.0. The SMILES string of the molecule is CN=C(NCc1ccc(CN2CCCC2)cc1)N(C)CCOCC1CC1.I. The van der Waals surface area contributed by atoms with E-state index in [0.29, 0.717) is 0 Å². The molecule has 27 heavy (non-hydrogen) atoms. The highest BCUT2D eigenvalue weighted by atomic mass is 127. The lowest BCUT2D eigenvalue weighted by Gasteiger charge is -2.22. The molecule has 1 aromatic rings. The maximum atomic E-state index is 5.72. The molecule has 0 aromatic heterocycles. The fourth-order valence-corrected chi connectivity index (χ4v) is 3.37. The molecule has 152 valence electrons. The molecule has 3 rings (SSSR count). The van der Waals surface area contributed by atoms with E-state index in [1.54, 1.807) is 0 Å². The molecular formula is C21H35IN4O. The summed E-state index contributed by atoms with van der Waals surface area (Å²) in [5.74, 6) is 1.74. The molecule has 1 saturated heterocycles. The average Bonchev–Trinajstić information content (AvgIpc) is 3.35. The smallest absolute Gasteiger partial charge is 0.193 e. The number of nitrogens with one attached hydrogen (secondary N) is 1. The Kier molecular flexibility index (Phi) is 9.86. The van der Waals surface area contributed by atoms with Gasteiger partial charge in [0.2, 0.25) is 0 Å². The van der Waals surface area contributed by atoms with Crippen molar-refractivity contribution in [3.63, 3.8) is 0 Å². The summed E-state index contributed by atoms with van der Waals surface area (Å²) >= 11 is 0. The Hall–Kier alpha value is -0.860. The number of ether oxygens (including phenoxy) is 1. The summed E-state index contributed by atoms with van der Waals surface area (Å²) in [5, 5.41) is 3.45. The van der Waals surface area contributed by atoms with Gasteiger partial charge in [0.1, 0.15) is 0 Å². The molecule has 6 heteroatoms. The maximum Gasteiger partial charge on any atom is 0.193 e. The highest BCUT2D eigenvalue weighted by Gasteiger charge is 2.21. The van der Waals surface area contributed by atoms with Gasteiger partial charge < -0.3 is 15.0 Å². The maximum absolute atomic E-state index is 5.72. The van der Waals surface area contributed by atoms with E-state index in [1.165, 1.54) is 49.9 Å². The molecule has 1 aliphatic heterocycles. The van der Waals surface area contributed by atoms with Crippen LogP contribution in [0.5, 0.6) is 0 Å². The zero-order valence-corrected chi connectivity index (χ0v) is 19.2. The Bertz CT molecular complexity index is 568. The molecule has 1 aliphatic carbocycles. The summed E-state index contributed by atoms with van der Waals surface area (Å²) in [6.07, 6.45) is 5.38. The number of hydrogen-bond donors (Lipinski definition) is 1. The molecule has 2 aliphatic rings. The standard InChI is InChI=1S/C21H34N4O.HI/c1-22-21(24(2)13-14-26-17-20-9-10-20)23-15-18-5-7-19(8-6-18)16-25-11-3-4-12-25;/h5-8,20H,3-4,9-17H2,1-2H3,(H,22,23);1H. The second-order valence-corrected chi connectivity index (χ2v) is 7.64. The number of likely N-dealkylation sites (N-methyl/N-ethyl adjacent to an activating group) is 1. The number of guanidine groups is 1. The predicted molar refractivity (Wildman–Crippen MR) is 123 cm³/mol. The minimum absolute atomic E-state index is 0. The zero-order chi connectivity index (χ0) is 18.2. The van der Waals surface area contributed by atoms with E-state index in [1.807, 2.05) is 7.05 Å². The van der Waals surface area contributed by atoms with Crippen molar-refractivity contribution in [3.8, 4) is 0 Å². The molecule has 0 radical (unpaired) electrons. The van der Waals surface area contributed by atoms with Crippen LogP contribution >= 0.6 is 24.0 Å². The van der Waals surface area contributed by atoms with Crippen molar-refractivity contribution in [3.05, 3.63) is 35.4 Å². The normalized spacial score (nSPS) is 17.6. The molecule has 1 N–H and O–H groups in total. The van der Waals surface area contributed by atoms with Gasteiger partial charge in [0.05, 0.1) is 6.61 Å². The molecule has 0 bridgehead atoms. The second kappa shape index (κ2) is 11.9. The third kappa shape index (κ3) is 7.95. The van der Waals surface area contributed by atoms with Gasteiger partial charge in [0.25, 0.3) is 0 Å². The van der Waals surface area contributed by atoms with Gasteiger partial charge in [-0.3, -0.25) is 9.89 Å². The highest BCUT2D eigenvalue weighted by molar-refractivity contribution is 14.0. The monoisotopic (exact) mass is 486 g/mol. The molecule has 2 fully saturated rings. The van der Waals surface area contributed by atoms with Crippen molar-refractivity contribution in [2.75, 3.05) is 46.9 Å². The quantitative estimate of drug-likeness (QED) is 0.252. The lowest BCUT2D eigenvalue weighted by molar-refractivity contribution is 0.115. The van der Waals surface area contributed by atoms with E-state index >= 15 is 0 Å². The Morgan fingerprint density at radius 3 is 2.48 bits per heavy atom. The largest absolute Gasteiger partial charge is 0.379 e. The van der Waals surface area contributed by atoms with Crippen LogP contribution in [-0.4, -0.2) is 62.7 Å². The molecule has 0 spiro atoms. The third-order valence-corrected chi connectivity index (χ3v) is 5.27. The Morgan fingerprint density at radius 2 is 1.85 bits per heavy atom. The van der Waals surface area contributed by atoms with Crippen molar-refractivity contribution in [2.24, 2.45) is 10.9 Å². The van der Waals surface area contributed by atoms with Crippen LogP contribution in [0.2, 0.25) is 0 Å². The third-order valence-electron chi connectivity index (χ3n) is 5.27. The highest BCUT2D eigenvalue weighted by Crippen LogP contribution is 2.28. The van der Waals surface area contributed by atoms with Gasteiger partial charge in [0, 0.05) is 40.3 Å². The second-order valence-electron chi connectivity index (χ2n) is 7.64. The van der Waals surface area contributed by atoms with E-state index in [4.69, 9.17) is 4.74 Å². The molecule has 5 nitrogen and oxygen atoms in total. The summed E-state index contributed by atoms with van der Waals surface area (Å²) in [7, 11) is 3.90. The van der Waals surface area contributed by atoms with Crippen LogP contribution in [0.15, 0.2) is 29.3 Å². The van der Waals surface area contributed by atoms with E-state index in [0.717, 1.165) is 44.7 Å². The fourth-order valence-electron chi connectivity index (χ4n) is 3.37. The van der Waals surface area contributed by atoms with Crippen molar-refractivity contribution in [1.29, 1.82) is 0 Å². The fraction of sp³-hybridized carbons (Fsp3) is 0.667.